The van der Waals surface area contributed by atoms with E-state index in [-0.39, 0.29) is 5.92 Å². The number of halogens is 4. The second-order valence-corrected chi connectivity index (χ2v) is 6.26. The van der Waals surface area contributed by atoms with Crippen LogP contribution in [0.15, 0.2) is 30.3 Å². The van der Waals surface area contributed by atoms with Gasteiger partial charge in [0.25, 0.3) is 0 Å². The predicted molar refractivity (Wildman–Crippen MR) is 85.8 cm³/mol. The highest BCUT2D eigenvalue weighted by Crippen LogP contribution is 2.26. The minimum Gasteiger partial charge on any atom is -0.370 e. The molecule has 1 fully saturated rings. The van der Waals surface area contributed by atoms with E-state index in [0.29, 0.717) is 30.6 Å². The molecular weight excluding hydrogens is 327 g/mol. The maximum Gasteiger partial charge on any atom is 0.401 e. The van der Waals surface area contributed by atoms with Crippen molar-refractivity contribution in [3.05, 3.63) is 35.5 Å². The van der Waals surface area contributed by atoms with Crippen LogP contribution in [0.25, 0.3) is 10.8 Å². The Labute approximate surface area is 137 Å². The molecule has 124 valence electrons. The third kappa shape index (κ3) is 4.26. The molecule has 0 amide bonds. The standard InChI is InChI=1S/C16H17ClF3N3/c17-15-13-4-2-1-3-12(13)7-14(22-15)21-8-11-5-6-23(9-11)10-16(18,19)20/h1-4,7,11H,5-6,8-10H2,(H,21,22). The molecule has 0 bridgehead atoms. The number of anilines is 1. The van der Waals surface area contributed by atoms with Crippen molar-refractivity contribution in [1.82, 2.24) is 9.88 Å². The van der Waals surface area contributed by atoms with E-state index >= 15 is 0 Å². The summed E-state index contributed by atoms with van der Waals surface area (Å²) in [6.07, 6.45) is -3.37. The van der Waals surface area contributed by atoms with E-state index in [9.17, 15) is 13.2 Å². The van der Waals surface area contributed by atoms with Crippen LogP contribution in [0.5, 0.6) is 0 Å². The number of hydrogen-bond acceptors (Lipinski definition) is 3. The molecule has 3 rings (SSSR count). The van der Waals surface area contributed by atoms with E-state index in [1.807, 2.05) is 30.3 Å². The third-order valence-electron chi connectivity index (χ3n) is 4.04. The topological polar surface area (TPSA) is 28.2 Å². The molecule has 1 aliphatic heterocycles. The third-order valence-corrected chi connectivity index (χ3v) is 4.33. The summed E-state index contributed by atoms with van der Waals surface area (Å²) in [5.41, 5.74) is 0. The van der Waals surface area contributed by atoms with Crippen LogP contribution in [0, 0.1) is 5.92 Å². The van der Waals surface area contributed by atoms with Gasteiger partial charge in [0.2, 0.25) is 0 Å². The zero-order valence-electron chi connectivity index (χ0n) is 12.4. The lowest BCUT2D eigenvalue weighted by atomic mass is 10.1. The van der Waals surface area contributed by atoms with Gasteiger partial charge in [0, 0.05) is 18.5 Å². The summed E-state index contributed by atoms with van der Waals surface area (Å²) in [5.74, 6) is 0.840. The summed E-state index contributed by atoms with van der Waals surface area (Å²) in [7, 11) is 0. The van der Waals surface area contributed by atoms with Gasteiger partial charge in [-0.3, -0.25) is 4.90 Å². The predicted octanol–water partition coefficient (Wildman–Crippen LogP) is 4.18. The van der Waals surface area contributed by atoms with Crippen LogP contribution in [0.1, 0.15) is 6.42 Å². The van der Waals surface area contributed by atoms with E-state index < -0.39 is 12.7 Å². The summed E-state index contributed by atoms with van der Waals surface area (Å²) >= 11 is 6.17. The molecule has 0 spiro atoms. The molecule has 1 aromatic carbocycles. The van der Waals surface area contributed by atoms with Gasteiger partial charge >= 0.3 is 6.18 Å². The molecule has 2 aromatic rings. The van der Waals surface area contributed by atoms with E-state index in [4.69, 9.17) is 11.6 Å². The van der Waals surface area contributed by atoms with Crippen LogP contribution in [0.2, 0.25) is 5.15 Å². The molecule has 1 aliphatic rings. The Morgan fingerprint density at radius 2 is 2.09 bits per heavy atom. The van der Waals surface area contributed by atoms with Crippen molar-refractivity contribution in [3.8, 4) is 0 Å². The Hall–Kier alpha value is -1.53. The number of fused-ring (bicyclic) bond motifs is 1. The SMILES string of the molecule is FC(F)(F)CN1CCC(CNc2cc3ccccc3c(Cl)n2)C1. The highest BCUT2D eigenvalue weighted by molar-refractivity contribution is 6.34. The Kier molecular flexibility index (Phi) is 4.64. The fourth-order valence-corrected chi connectivity index (χ4v) is 3.24. The Bertz CT molecular complexity index is 690. The fourth-order valence-electron chi connectivity index (χ4n) is 2.97. The minimum atomic E-state index is -4.13. The van der Waals surface area contributed by atoms with Gasteiger partial charge in [-0.1, -0.05) is 35.9 Å². The minimum absolute atomic E-state index is 0.185. The molecule has 0 saturated carbocycles. The van der Waals surface area contributed by atoms with Crippen LogP contribution in [-0.2, 0) is 0 Å². The second kappa shape index (κ2) is 6.53. The van der Waals surface area contributed by atoms with E-state index in [1.54, 1.807) is 0 Å². The summed E-state index contributed by atoms with van der Waals surface area (Å²) in [6.45, 7) is 0.700. The number of benzene rings is 1. The van der Waals surface area contributed by atoms with Crippen molar-refractivity contribution in [3.63, 3.8) is 0 Å². The zero-order valence-corrected chi connectivity index (χ0v) is 13.2. The van der Waals surface area contributed by atoms with Crippen LogP contribution in [0.3, 0.4) is 0 Å². The monoisotopic (exact) mass is 343 g/mol. The maximum atomic E-state index is 12.4. The first-order valence-electron chi connectivity index (χ1n) is 7.49. The average molecular weight is 344 g/mol. The number of nitrogens with zero attached hydrogens (tertiary/aromatic N) is 2. The highest BCUT2D eigenvalue weighted by Gasteiger charge is 2.34. The van der Waals surface area contributed by atoms with Gasteiger partial charge in [-0.25, -0.2) is 4.98 Å². The number of pyridine rings is 1. The van der Waals surface area contributed by atoms with E-state index in [1.165, 1.54) is 4.90 Å². The quantitative estimate of drug-likeness (QED) is 0.844. The van der Waals surface area contributed by atoms with E-state index in [0.717, 1.165) is 17.2 Å². The summed E-state index contributed by atoms with van der Waals surface area (Å²) in [6, 6.07) is 9.59. The van der Waals surface area contributed by atoms with Gasteiger partial charge in [-0.05, 0) is 30.3 Å². The molecule has 7 heteroatoms. The van der Waals surface area contributed by atoms with Crippen LogP contribution < -0.4 is 5.32 Å². The Morgan fingerprint density at radius 1 is 1.30 bits per heavy atom. The van der Waals surface area contributed by atoms with Crippen molar-refractivity contribution in [1.29, 1.82) is 0 Å². The van der Waals surface area contributed by atoms with Gasteiger partial charge < -0.3 is 5.32 Å². The summed E-state index contributed by atoms with van der Waals surface area (Å²) in [4.78, 5) is 5.75. The van der Waals surface area contributed by atoms with Crippen molar-refractivity contribution < 1.29 is 13.2 Å². The summed E-state index contributed by atoms with van der Waals surface area (Å²) < 4.78 is 37.2. The van der Waals surface area contributed by atoms with Crippen molar-refractivity contribution >= 4 is 28.2 Å². The molecule has 1 N–H and O–H groups in total. The number of likely N-dealkylation sites (tertiary alicyclic amines) is 1. The van der Waals surface area contributed by atoms with Crippen LogP contribution in [-0.4, -0.2) is 42.2 Å². The Morgan fingerprint density at radius 3 is 2.87 bits per heavy atom. The molecule has 1 saturated heterocycles. The van der Waals surface area contributed by atoms with Gasteiger partial charge in [0.05, 0.1) is 6.54 Å². The lowest BCUT2D eigenvalue weighted by Crippen LogP contribution is -2.33. The molecular formula is C16H17ClF3N3. The lowest BCUT2D eigenvalue weighted by Gasteiger charge is -2.18. The normalized spacial score (nSPS) is 19.4. The first kappa shape index (κ1) is 16.3. The Balaban J connectivity index is 1.59. The van der Waals surface area contributed by atoms with Crippen molar-refractivity contribution in [2.24, 2.45) is 5.92 Å². The van der Waals surface area contributed by atoms with Gasteiger partial charge in [-0.15, -0.1) is 0 Å². The van der Waals surface area contributed by atoms with Crippen molar-refractivity contribution in [2.75, 3.05) is 31.5 Å². The number of rotatable bonds is 4. The molecule has 1 unspecified atom stereocenters. The van der Waals surface area contributed by atoms with E-state index in [2.05, 4.69) is 10.3 Å². The smallest absolute Gasteiger partial charge is 0.370 e. The first-order chi connectivity index (χ1) is 10.9. The molecule has 0 radical (unpaired) electrons. The van der Waals surface area contributed by atoms with Gasteiger partial charge in [0.15, 0.2) is 0 Å². The summed E-state index contributed by atoms with van der Waals surface area (Å²) in [5, 5.41) is 5.50. The average Bonchev–Trinajstić information content (AvgIpc) is 2.90. The lowest BCUT2D eigenvalue weighted by molar-refractivity contribution is -0.143. The highest BCUT2D eigenvalue weighted by atomic mass is 35.5. The van der Waals surface area contributed by atoms with Gasteiger partial charge in [-0.2, -0.15) is 13.2 Å². The van der Waals surface area contributed by atoms with Gasteiger partial charge in [0.1, 0.15) is 11.0 Å². The molecule has 1 atom stereocenters. The molecule has 2 heterocycles. The maximum absolute atomic E-state index is 12.4. The number of alkyl halides is 3. The molecule has 0 aliphatic carbocycles. The molecule has 1 aromatic heterocycles. The van der Waals surface area contributed by atoms with Crippen LogP contribution >= 0.6 is 11.6 Å². The fraction of sp³-hybridized carbons (Fsp3) is 0.438. The number of aromatic nitrogens is 1. The molecule has 3 nitrogen and oxygen atoms in total. The first-order valence-corrected chi connectivity index (χ1v) is 7.87. The van der Waals surface area contributed by atoms with Crippen molar-refractivity contribution in [2.45, 2.75) is 12.6 Å². The largest absolute Gasteiger partial charge is 0.401 e. The number of hydrogen-bond donors (Lipinski definition) is 1. The van der Waals surface area contributed by atoms with Crippen LogP contribution in [0.4, 0.5) is 19.0 Å². The zero-order chi connectivity index (χ0) is 16.4. The molecule has 23 heavy (non-hydrogen) atoms. The number of nitrogens with one attached hydrogen (secondary N) is 1. The second-order valence-electron chi connectivity index (χ2n) is 5.91.